The van der Waals surface area contributed by atoms with Crippen molar-refractivity contribution in [3.05, 3.63) is 35.4 Å². The molecule has 6 nitrogen and oxygen atoms in total. The van der Waals surface area contributed by atoms with Crippen molar-refractivity contribution in [3.8, 4) is 0 Å². The first-order valence-electron chi connectivity index (χ1n) is 9.69. The van der Waals surface area contributed by atoms with Crippen LogP contribution in [0.2, 0.25) is 0 Å². The molecule has 0 spiro atoms. The number of hydrogen-bond donors (Lipinski definition) is 2. The highest BCUT2D eigenvalue weighted by Crippen LogP contribution is 2.32. The van der Waals surface area contributed by atoms with E-state index in [4.69, 9.17) is 10.5 Å². The van der Waals surface area contributed by atoms with Crippen LogP contribution in [0.15, 0.2) is 29.3 Å². The number of hydrogen-bond acceptors (Lipinski definition) is 3. The summed E-state index contributed by atoms with van der Waals surface area (Å²) in [6.45, 7) is 7.16. The molecule has 9 heteroatoms. The predicted molar refractivity (Wildman–Crippen MR) is 106 cm³/mol. The van der Waals surface area contributed by atoms with Gasteiger partial charge >= 0.3 is 12.3 Å². The number of amides is 1. The van der Waals surface area contributed by atoms with Crippen molar-refractivity contribution < 1.29 is 22.7 Å². The van der Waals surface area contributed by atoms with E-state index in [-0.39, 0.29) is 24.6 Å². The molecule has 2 rings (SSSR count). The summed E-state index contributed by atoms with van der Waals surface area (Å²) in [6.07, 6.45) is -3.26. The van der Waals surface area contributed by atoms with Crippen LogP contribution >= 0.6 is 0 Å². The third kappa shape index (κ3) is 6.54. The number of halogens is 3. The van der Waals surface area contributed by atoms with Gasteiger partial charge in [-0.25, -0.2) is 4.79 Å². The van der Waals surface area contributed by atoms with Crippen LogP contribution in [0, 0.1) is 0 Å². The number of nitrogens with zero attached hydrogens (tertiary/aromatic N) is 2. The maximum atomic E-state index is 13.0. The van der Waals surface area contributed by atoms with Crippen LogP contribution in [-0.4, -0.2) is 49.2 Å². The molecule has 0 bridgehead atoms. The highest BCUT2D eigenvalue weighted by molar-refractivity contribution is 5.78. The third-order valence-corrected chi connectivity index (χ3v) is 4.99. The molecular weight excluding hydrogens is 385 g/mol. The Bertz CT molecular complexity index is 727. The van der Waals surface area contributed by atoms with Crippen LogP contribution < -0.4 is 11.1 Å². The van der Waals surface area contributed by atoms with E-state index in [1.54, 1.807) is 17.9 Å². The molecule has 1 fully saturated rings. The number of guanidine groups is 1. The fourth-order valence-electron chi connectivity index (χ4n) is 3.17. The topological polar surface area (TPSA) is 80.0 Å². The summed E-state index contributed by atoms with van der Waals surface area (Å²) in [4.78, 5) is 17.7. The lowest BCUT2D eigenvalue weighted by atomic mass is 9.84. The largest absolute Gasteiger partial charge is 0.450 e. The lowest BCUT2D eigenvalue weighted by Gasteiger charge is -2.32. The molecule has 1 heterocycles. The smallest absolute Gasteiger partial charge is 0.416 e. The number of piperidine rings is 1. The van der Waals surface area contributed by atoms with Gasteiger partial charge in [-0.2, -0.15) is 13.2 Å². The number of likely N-dealkylation sites (tertiary alicyclic amines) is 1. The Morgan fingerprint density at radius 1 is 1.28 bits per heavy atom. The molecule has 1 saturated heterocycles. The zero-order valence-corrected chi connectivity index (χ0v) is 17.1. The van der Waals surface area contributed by atoms with Crippen molar-refractivity contribution in [2.45, 2.75) is 51.2 Å². The Hall–Kier alpha value is -2.45. The number of nitrogens with one attached hydrogen (secondary N) is 1. The SMILES string of the molecule is CCOC(=O)N1CCC(NC(N)=NCC(C)(C)c2cccc(C(F)(F)F)c2)CC1. The minimum atomic E-state index is -4.38. The van der Waals surface area contributed by atoms with Gasteiger partial charge in [0.2, 0.25) is 0 Å². The molecule has 0 radical (unpaired) electrons. The second-order valence-corrected chi connectivity index (χ2v) is 7.77. The summed E-state index contributed by atoms with van der Waals surface area (Å²) in [5, 5.41) is 3.14. The average molecular weight is 414 g/mol. The normalized spacial score (nSPS) is 16.6. The predicted octanol–water partition coefficient (Wildman–Crippen LogP) is 3.51. The van der Waals surface area contributed by atoms with Gasteiger partial charge in [-0.3, -0.25) is 4.99 Å². The van der Waals surface area contributed by atoms with Crippen LogP contribution in [0.3, 0.4) is 0 Å². The van der Waals surface area contributed by atoms with E-state index in [0.717, 1.165) is 12.1 Å². The zero-order valence-electron chi connectivity index (χ0n) is 17.1. The van der Waals surface area contributed by atoms with Crippen molar-refractivity contribution in [3.63, 3.8) is 0 Å². The zero-order chi connectivity index (χ0) is 21.7. The molecule has 0 unspecified atom stereocenters. The molecule has 1 aromatic rings. The fourth-order valence-corrected chi connectivity index (χ4v) is 3.17. The molecule has 3 N–H and O–H groups in total. The van der Waals surface area contributed by atoms with Gasteiger partial charge in [-0.1, -0.05) is 32.0 Å². The Balaban J connectivity index is 1.91. The minimum Gasteiger partial charge on any atom is -0.450 e. The number of rotatable bonds is 5. The van der Waals surface area contributed by atoms with E-state index in [2.05, 4.69) is 10.3 Å². The molecule has 29 heavy (non-hydrogen) atoms. The fraction of sp³-hybridized carbons (Fsp3) is 0.600. The van der Waals surface area contributed by atoms with Crippen LogP contribution in [0.4, 0.5) is 18.0 Å². The summed E-state index contributed by atoms with van der Waals surface area (Å²) in [5.41, 5.74) is 5.25. The molecule has 1 aliphatic heterocycles. The standard InChI is InChI=1S/C20H29F3N4O2/c1-4-29-18(28)27-10-8-16(9-11-27)26-17(24)25-13-19(2,3)14-6-5-7-15(12-14)20(21,22)23/h5-7,12,16H,4,8-11,13H2,1-3H3,(H3,24,25,26). The van der Waals surface area contributed by atoms with Gasteiger partial charge in [0, 0.05) is 24.5 Å². The number of carbonyl (C=O) groups excluding carboxylic acids is 1. The summed E-state index contributed by atoms with van der Waals surface area (Å²) < 4.78 is 43.9. The molecule has 1 aromatic carbocycles. The number of benzene rings is 1. The van der Waals surface area contributed by atoms with Gasteiger partial charge in [0.15, 0.2) is 5.96 Å². The van der Waals surface area contributed by atoms with Crippen molar-refractivity contribution >= 4 is 12.1 Å². The number of ether oxygens (including phenoxy) is 1. The molecular formula is C20H29F3N4O2. The Kier molecular flexibility index (Phi) is 7.37. The van der Waals surface area contributed by atoms with E-state index in [1.807, 2.05) is 13.8 Å². The van der Waals surface area contributed by atoms with Crippen molar-refractivity contribution in [1.82, 2.24) is 10.2 Å². The van der Waals surface area contributed by atoms with E-state index in [0.29, 0.717) is 38.1 Å². The maximum absolute atomic E-state index is 13.0. The van der Waals surface area contributed by atoms with Crippen LogP contribution in [-0.2, 0) is 16.3 Å². The lowest BCUT2D eigenvalue weighted by Crippen LogP contribution is -2.48. The average Bonchev–Trinajstić information content (AvgIpc) is 2.67. The van der Waals surface area contributed by atoms with Crippen molar-refractivity contribution in [2.75, 3.05) is 26.2 Å². The van der Waals surface area contributed by atoms with E-state index >= 15 is 0 Å². The van der Waals surface area contributed by atoms with Crippen molar-refractivity contribution in [1.29, 1.82) is 0 Å². The van der Waals surface area contributed by atoms with E-state index in [9.17, 15) is 18.0 Å². The van der Waals surface area contributed by atoms with E-state index in [1.165, 1.54) is 6.07 Å². The van der Waals surface area contributed by atoms with Gasteiger partial charge in [0.05, 0.1) is 18.7 Å². The number of aliphatic imine (C=N–C) groups is 1. The first kappa shape index (κ1) is 22.8. The maximum Gasteiger partial charge on any atom is 0.416 e. The van der Waals surface area contributed by atoms with Crippen LogP contribution in [0.5, 0.6) is 0 Å². The molecule has 0 saturated carbocycles. The third-order valence-electron chi connectivity index (χ3n) is 4.99. The Morgan fingerprint density at radius 3 is 2.48 bits per heavy atom. The number of carbonyl (C=O) groups is 1. The van der Waals surface area contributed by atoms with Gasteiger partial charge in [-0.05, 0) is 31.4 Å². The molecule has 0 aliphatic carbocycles. The molecule has 1 aliphatic rings. The first-order valence-corrected chi connectivity index (χ1v) is 9.69. The quantitative estimate of drug-likeness (QED) is 0.571. The minimum absolute atomic E-state index is 0.0843. The van der Waals surface area contributed by atoms with Crippen LogP contribution in [0.25, 0.3) is 0 Å². The van der Waals surface area contributed by atoms with Gasteiger partial charge in [0.1, 0.15) is 0 Å². The molecule has 0 aromatic heterocycles. The molecule has 0 atom stereocenters. The highest BCUT2D eigenvalue weighted by Gasteiger charge is 2.32. The monoisotopic (exact) mass is 414 g/mol. The second-order valence-electron chi connectivity index (χ2n) is 7.77. The molecule has 162 valence electrons. The van der Waals surface area contributed by atoms with E-state index < -0.39 is 17.2 Å². The first-order chi connectivity index (χ1) is 13.5. The Labute approximate surface area is 169 Å². The lowest BCUT2D eigenvalue weighted by molar-refractivity contribution is -0.137. The highest BCUT2D eigenvalue weighted by atomic mass is 19.4. The van der Waals surface area contributed by atoms with Crippen LogP contribution in [0.1, 0.15) is 44.7 Å². The summed E-state index contributed by atoms with van der Waals surface area (Å²) in [5.74, 6) is 0.250. The number of nitrogens with two attached hydrogens (primary N) is 1. The summed E-state index contributed by atoms with van der Waals surface area (Å²) in [7, 11) is 0. The number of alkyl halides is 3. The van der Waals surface area contributed by atoms with Gasteiger partial charge in [-0.15, -0.1) is 0 Å². The summed E-state index contributed by atoms with van der Waals surface area (Å²) >= 11 is 0. The van der Waals surface area contributed by atoms with Gasteiger partial charge in [0.25, 0.3) is 0 Å². The Morgan fingerprint density at radius 2 is 1.90 bits per heavy atom. The molecule has 1 amide bonds. The summed E-state index contributed by atoms with van der Waals surface area (Å²) in [6, 6.07) is 5.37. The van der Waals surface area contributed by atoms with Crippen molar-refractivity contribution in [2.24, 2.45) is 10.7 Å². The second kappa shape index (κ2) is 9.37. The van der Waals surface area contributed by atoms with Gasteiger partial charge < -0.3 is 20.7 Å².